The molecule has 4 aliphatic rings. The van der Waals surface area contributed by atoms with Crippen molar-refractivity contribution in [3.63, 3.8) is 0 Å². The number of halogens is 1. The predicted octanol–water partition coefficient (Wildman–Crippen LogP) is 3.82. The van der Waals surface area contributed by atoms with Crippen LogP contribution in [0.25, 0.3) is 45.1 Å². The van der Waals surface area contributed by atoms with Crippen LogP contribution in [0.1, 0.15) is 0 Å². The first kappa shape index (κ1) is 44.7. The Morgan fingerprint density at radius 1 is 0.523 bits per heavy atom. The summed E-state index contributed by atoms with van der Waals surface area (Å²) in [7, 11) is 4.27. The second-order valence-corrected chi connectivity index (χ2v) is 17.1. The zero-order valence-electron chi connectivity index (χ0n) is 37.4. The Morgan fingerprint density at radius 2 is 1.00 bits per heavy atom. The average molecular weight is 904 g/mol. The lowest BCUT2D eigenvalue weighted by Gasteiger charge is -2.33. The molecule has 0 atom stereocenters. The maximum absolute atomic E-state index is 6.62. The number of fused-ring (bicyclic) bond motifs is 2. The lowest BCUT2D eigenvalue weighted by Crippen LogP contribution is -2.45. The van der Waals surface area contributed by atoms with E-state index in [0.29, 0.717) is 50.8 Å². The quantitative estimate of drug-likeness (QED) is 0.182. The average Bonchev–Trinajstić information content (AvgIpc) is 3.35. The van der Waals surface area contributed by atoms with Crippen molar-refractivity contribution in [2.45, 2.75) is 0 Å². The number of piperazine rings is 2. The summed E-state index contributed by atoms with van der Waals surface area (Å²) in [4.78, 5) is 52.2. The molecule has 4 aliphatic heterocycles. The summed E-state index contributed by atoms with van der Waals surface area (Å²) in [5.74, 6) is 4.25. The summed E-state index contributed by atoms with van der Waals surface area (Å²) < 4.78 is 10.9. The van der Waals surface area contributed by atoms with Crippen LogP contribution in [0.3, 0.4) is 0 Å². The van der Waals surface area contributed by atoms with Crippen molar-refractivity contribution in [1.29, 1.82) is 0 Å². The summed E-state index contributed by atoms with van der Waals surface area (Å²) >= 11 is 6.62. The van der Waals surface area contributed by atoms with Gasteiger partial charge in [0.25, 0.3) is 0 Å². The zero-order valence-corrected chi connectivity index (χ0v) is 38.2. The molecular formula is C46H59ClN16O2. The van der Waals surface area contributed by atoms with Crippen LogP contribution >= 0.6 is 11.6 Å². The number of morpholine rings is 2. The molecule has 10 rings (SSSR count). The zero-order chi connectivity index (χ0) is 44.4. The van der Waals surface area contributed by atoms with Crippen LogP contribution in [0.2, 0.25) is 5.15 Å². The minimum atomic E-state index is 0.388. The fourth-order valence-electron chi connectivity index (χ4n) is 8.22. The van der Waals surface area contributed by atoms with Gasteiger partial charge in [0, 0.05) is 116 Å². The summed E-state index contributed by atoms with van der Waals surface area (Å²) in [6.07, 6.45) is 1.85. The third-order valence-electron chi connectivity index (χ3n) is 12.2. The summed E-state index contributed by atoms with van der Waals surface area (Å²) in [6, 6.07) is 20.0. The van der Waals surface area contributed by atoms with E-state index in [0.717, 1.165) is 154 Å². The van der Waals surface area contributed by atoms with Gasteiger partial charge in [0.05, 0.1) is 32.6 Å². The van der Waals surface area contributed by atoms with E-state index in [4.69, 9.17) is 60.9 Å². The molecule has 18 nitrogen and oxygen atoms in total. The highest BCUT2D eigenvalue weighted by molar-refractivity contribution is 6.32. The van der Waals surface area contributed by atoms with Gasteiger partial charge in [-0.25, -0.2) is 39.9 Å². The Bertz CT molecular complexity index is 2460. The van der Waals surface area contributed by atoms with Crippen LogP contribution in [0.4, 0.5) is 23.3 Å². The van der Waals surface area contributed by atoms with Gasteiger partial charge >= 0.3 is 0 Å². The molecule has 0 saturated carbocycles. The minimum absolute atomic E-state index is 0.388. The van der Waals surface area contributed by atoms with Crippen LogP contribution in [0.15, 0.2) is 66.9 Å². The van der Waals surface area contributed by atoms with Crippen molar-refractivity contribution in [3.8, 4) is 22.8 Å². The van der Waals surface area contributed by atoms with Gasteiger partial charge < -0.3 is 39.7 Å². The number of aromatic nitrogens is 8. The lowest BCUT2D eigenvalue weighted by atomic mass is 10.2. The summed E-state index contributed by atoms with van der Waals surface area (Å²) in [5.41, 5.74) is 4.40. The molecule has 4 aromatic heterocycles. The van der Waals surface area contributed by atoms with E-state index in [2.05, 4.69) is 54.1 Å². The number of hydrogen-bond donors (Lipinski definition) is 2. The number of hydrogen-bond acceptors (Lipinski definition) is 18. The fraction of sp³-hybridized carbons (Fsp3) is 0.478. The normalized spacial score (nSPS) is 18.1. The highest BCUT2D eigenvalue weighted by Crippen LogP contribution is 2.30. The summed E-state index contributed by atoms with van der Waals surface area (Å²) in [6.45, 7) is 17.9. The topological polar surface area (TPSA) is 165 Å². The van der Waals surface area contributed by atoms with Crippen LogP contribution in [-0.2, 0) is 9.47 Å². The second-order valence-electron chi connectivity index (χ2n) is 16.8. The van der Waals surface area contributed by atoms with Crippen molar-refractivity contribution in [3.05, 3.63) is 72.0 Å². The van der Waals surface area contributed by atoms with Gasteiger partial charge in [0.2, 0.25) is 0 Å². The molecule has 2 aromatic carbocycles. The molecule has 0 radical (unpaired) electrons. The maximum atomic E-state index is 6.62. The third-order valence-corrected chi connectivity index (χ3v) is 12.5. The van der Waals surface area contributed by atoms with Gasteiger partial charge in [-0.05, 0) is 14.1 Å². The fourth-order valence-corrected chi connectivity index (χ4v) is 8.47. The molecule has 0 bridgehead atoms. The highest BCUT2D eigenvalue weighted by atomic mass is 35.5. The summed E-state index contributed by atoms with van der Waals surface area (Å²) in [5, 5.41) is 7.34. The first-order valence-electron chi connectivity index (χ1n) is 22.8. The van der Waals surface area contributed by atoms with Gasteiger partial charge in [-0.2, -0.15) is 0 Å². The van der Waals surface area contributed by atoms with Gasteiger partial charge in [-0.15, -0.1) is 0 Å². The number of anilines is 4. The number of nitrogens with zero attached hydrogens (tertiary/aromatic N) is 14. The molecule has 4 fully saturated rings. The Hall–Kier alpha value is -5.47. The number of rotatable bonds is 12. The number of likely N-dealkylation sites (N-methyl/N-ethyl adjacent to an activating group) is 2. The van der Waals surface area contributed by atoms with Crippen LogP contribution in [-0.4, -0.2) is 205 Å². The molecule has 2 N–H and O–H groups in total. The molecule has 6 aromatic rings. The van der Waals surface area contributed by atoms with Crippen LogP contribution < -0.4 is 20.4 Å². The molecule has 0 aliphatic carbocycles. The standard InChI is InChI=1S/C23H29ClN8O.C23H30N8O/c1-30-9-11-32(12-10-30)23-19(24)26-18-21(25-7-8-31-13-15-33-16-14-31)27-20(28-22(18)29-23)17-5-3-2-4-6-17;1-29-9-11-31(12-10-29)19-17-25-20-22(24-7-8-30-13-15-32-16-14-30)27-21(28-23(20)26-19)18-5-3-2-4-6-18/h2-6H,7-16H2,1H3,(H,25,27,28,29);2-6,17H,7-16H2,1H3,(H,24,26,27,28). The van der Waals surface area contributed by atoms with Crippen molar-refractivity contribution in [2.75, 3.05) is 166 Å². The van der Waals surface area contributed by atoms with E-state index in [9.17, 15) is 0 Å². The maximum Gasteiger partial charge on any atom is 0.186 e. The first-order valence-corrected chi connectivity index (χ1v) is 23.2. The van der Waals surface area contributed by atoms with Crippen molar-refractivity contribution < 1.29 is 9.47 Å². The van der Waals surface area contributed by atoms with Crippen molar-refractivity contribution >= 4 is 57.2 Å². The first-order chi connectivity index (χ1) is 31.9. The molecule has 0 spiro atoms. The molecular weight excluding hydrogens is 844 g/mol. The Morgan fingerprint density at radius 3 is 1.52 bits per heavy atom. The van der Waals surface area contributed by atoms with Gasteiger partial charge in [-0.3, -0.25) is 9.80 Å². The Labute approximate surface area is 385 Å². The highest BCUT2D eigenvalue weighted by Gasteiger charge is 2.23. The monoisotopic (exact) mass is 902 g/mol. The molecule has 0 unspecified atom stereocenters. The predicted molar refractivity (Wildman–Crippen MR) is 257 cm³/mol. The SMILES string of the molecule is CN1CCN(c2cnc3c(NCCN4CCOCC4)nc(-c4ccccc4)nc3n2)CC1.CN1CCN(c2nc3nc(-c4ccccc4)nc(NCCN4CCOCC4)c3nc2Cl)CC1. The van der Waals surface area contributed by atoms with Gasteiger partial charge in [0.1, 0.15) is 5.82 Å². The third kappa shape index (κ3) is 11.5. The number of ether oxygens (including phenoxy) is 2. The van der Waals surface area contributed by atoms with E-state index in [1.54, 1.807) is 0 Å². The van der Waals surface area contributed by atoms with Crippen LogP contribution in [0, 0.1) is 0 Å². The molecule has 8 heterocycles. The second kappa shape index (κ2) is 21.7. The molecule has 342 valence electrons. The number of benzene rings is 2. The largest absolute Gasteiger partial charge is 0.379 e. The number of nitrogens with one attached hydrogen (secondary N) is 2. The van der Waals surface area contributed by atoms with Gasteiger partial charge in [0.15, 0.2) is 56.6 Å². The van der Waals surface area contributed by atoms with Crippen LogP contribution in [0.5, 0.6) is 0 Å². The molecule has 0 amide bonds. The Kier molecular flexibility index (Phi) is 14.9. The smallest absolute Gasteiger partial charge is 0.186 e. The lowest BCUT2D eigenvalue weighted by molar-refractivity contribution is 0.0398. The van der Waals surface area contributed by atoms with Gasteiger partial charge in [-0.1, -0.05) is 72.3 Å². The van der Waals surface area contributed by atoms with E-state index < -0.39 is 0 Å². The van der Waals surface area contributed by atoms with E-state index in [-0.39, 0.29) is 0 Å². The Balaban J connectivity index is 0.000000164. The van der Waals surface area contributed by atoms with E-state index in [1.165, 1.54) is 0 Å². The van der Waals surface area contributed by atoms with E-state index in [1.807, 2.05) is 66.9 Å². The van der Waals surface area contributed by atoms with Crippen molar-refractivity contribution in [1.82, 2.24) is 59.5 Å². The van der Waals surface area contributed by atoms with E-state index >= 15 is 0 Å². The molecule has 19 heteroatoms. The minimum Gasteiger partial charge on any atom is -0.379 e. The molecule has 65 heavy (non-hydrogen) atoms. The molecule has 4 saturated heterocycles. The van der Waals surface area contributed by atoms with Crippen molar-refractivity contribution in [2.24, 2.45) is 0 Å².